The van der Waals surface area contributed by atoms with Gasteiger partial charge in [0.15, 0.2) is 0 Å². The molecule has 1 aliphatic heterocycles. The zero-order valence-corrected chi connectivity index (χ0v) is 11.0. The van der Waals surface area contributed by atoms with Crippen LogP contribution in [0.3, 0.4) is 0 Å². The van der Waals surface area contributed by atoms with Gasteiger partial charge in [0.25, 0.3) is 0 Å². The van der Waals surface area contributed by atoms with Crippen molar-refractivity contribution in [2.75, 3.05) is 0 Å². The molecule has 1 radical (unpaired) electrons. The topological polar surface area (TPSA) is 52.2 Å². The van der Waals surface area contributed by atoms with Gasteiger partial charge in [-0.05, 0) is 47.0 Å². The summed E-state index contributed by atoms with van der Waals surface area (Å²) in [4.78, 5) is 11.1. The molecule has 16 heavy (non-hydrogen) atoms. The number of nitrogens with zero attached hydrogens (tertiary/aromatic N) is 1. The second-order valence-electron chi connectivity index (χ2n) is 6.06. The second kappa shape index (κ2) is 4.34. The van der Waals surface area contributed by atoms with Gasteiger partial charge in [-0.15, -0.1) is 10.3 Å². The number of rotatable bonds is 1. The zero-order valence-electron chi connectivity index (χ0n) is 11.0. The molecule has 0 bridgehead atoms. The molecule has 0 spiro atoms. The largest absolute Gasteiger partial charge is 0.354 e. The van der Waals surface area contributed by atoms with Crippen molar-refractivity contribution in [2.24, 2.45) is 0 Å². The van der Waals surface area contributed by atoms with Crippen molar-refractivity contribution in [2.45, 2.75) is 71.0 Å². The van der Waals surface area contributed by atoms with Crippen molar-refractivity contribution >= 4 is 5.91 Å². The Morgan fingerprint density at radius 2 is 1.81 bits per heavy atom. The van der Waals surface area contributed by atoms with Crippen LogP contribution in [0.4, 0.5) is 0 Å². The third kappa shape index (κ3) is 2.95. The third-order valence-corrected chi connectivity index (χ3v) is 3.36. The Hall–Kier alpha value is -0.610. The molecule has 1 aliphatic rings. The average molecular weight is 227 g/mol. The summed E-state index contributed by atoms with van der Waals surface area (Å²) in [7, 11) is 0. The molecule has 1 unspecified atom stereocenters. The summed E-state index contributed by atoms with van der Waals surface area (Å²) in [5.41, 5.74) is -0.774. The minimum absolute atomic E-state index is 0.0158. The van der Waals surface area contributed by atoms with Crippen molar-refractivity contribution in [3.05, 3.63) is 0 Å². The molecule has 1 atom stereocenters. The Morgan fingerprint density at radius 3 is 2.31 bits per heavy atom. The smallest absolute Gasteiger partial charge is 0.217 e. The van der Waals surface area contributed by atoms with E-state index in [2.05, 4.69) is 5.32 Å². The first kappa shape index (κ1) is 13.5. The first-order chi connectivity index (χ1) is 7.15. The van der Waals surface area contributed by atoms with E-state index in [1.807, 2.05) is 27.7 Å². The van der Waals surface area contributed by atoms with Crippen molar-refractivity contribution < 1.29 is 10.0 Å². The molecule has 1 fully saturated rings. The fraction of sp³-hybridized carbons (Fsp3) is 0.917. The fourth-order valence-corrected chi connectivity index (χ4v) is 2.65. The molecule has 0 saturated carbocycles. The van der Waals surface area contributed by atoms with E-state index < -0.39 is 5.54 Å². The van der Waals surface area contributed by atoms with E-state index in [0.29, 0.717) is 6.42 Å². The molecule has 0 aliphatic carbocycles. The van der Waals surface area contributed by atoms with Crippen molar-refractivity contribution in [3.8, 4) is 0 Å². The maximum absolute atomic E-state index is 12.2. The van der Waals surface area contributed by atoms with Gasteiger partial charge < -0.3 is 5.32 Å². The standard InChI is InChI=1S/C12H23N2O2/c1-9(15)13-10-6-7-11(2,3)14(16)12(4,5)8-10/h10H,6-8H2,1-5H3,(H,13,15). The molecular formula is C12H23N2O2. The molecule has 1 saturated heterocycles. The maximum Gasteiger partial charge on any atom is 0.217 e. The number of hydrogen-bond donors (Lipinski definition) is 1. The van der Waals surface area contributed by atoms with Gasteiger partial charge >= 0.3 is 0 Å². The van der Waals surface area contributed by atoms with Crippen LogP contribution in [0.25, 0.3) is 0 Å². The van der Waals surface area contributed by atoms with Crippen LogP contribution in [0.5, 0.6) is 0 Å². The van der Waals surface area contributed by atoms with E-state index in [1.165, 1.54) is 12.0 Å². The average Bonchev–Trinajstić information content (AvgIpc) is 2.17. The Morgan fingerprint density at radius 1 is 1.25 bits per heavy atom. The third-order valence-electron chi connectivity index (χ3n) is 3.36. The van der Waals surface area contributed by atoms with Crippen LogP contribution in [-0.2, 0) is 10.0 Å². The summed E-state index contributed by atoms with van der Waals surface area (Å²) in [5.74, 6) is -0.0158. The molecule has 1 rings (SSSR count). The minimum Gasteiger partial charge on any atom is -0.354 e. The number of nitrogens with one attached hydrogen (secondary N) is 1. The van der Waals surface area contributed by atoms with Crippen LogP contribution < -0.4 is 5.32 Å². The minimum atomic E-state index is -0.423. The van der Waals surface area contributed by atoms with Gasteiger partial charge in [0.05, 0.1) is 0 Å². The molecule has 0 aromatic carbocycles. The van der Waals surface area contributed by atoms with Crippen LogP contribution in [-0.4, -0.2) is 28.1 Å². The summed E-state index contributed by atoms with van der Waals surface area (Å²) in [6, 6.07) is 0.116. The van der Waals surface area contributed by atoms with Gasteiger partial charge in [0.1, 0.15) is 0 Å². The lowest BCUT2D eigenvalue weighted by Gasteiger charge is -2.40. The molecule has 1 heterocycles. The molecular weight excluding hydrogens is 204 g/mol. The lowest BCUT2D eigenvalue weighted by Crippen LogP contribution is -2.52. The summed E-state index contributed by atoms with van der Waals surface area (Å²) in [6.07, 6.45) is 2.39. The van der Waals surface area contributed by atoms with E-state index in [0.717, 1.165) is 12.8 Å². The Kier molecular flexibility index (Phi) is 3.65. The summed E-state index contributed by atoms with van der Waals surface area (Å²) < 4.78 is 0. The lowest BCUT2D eigenvalue weighted by molar-refractivity contribution is -0.269. The lowest BCUT2D eigenvalue weighted by atomic mass is 9.94. The molecule has 0 aromatic rings. The normalized spacial score (nSPS) is 29.5. The predicted molar refractivity (Wildman–Crippen MR) is 62.1 cm³/mol. The van der Waals surface area contributed by atoms with Crippen LogP contribution in [0.2, 0.25) is 0 Å². The van der Waals surface area contributed by atoms with Gasteiger partial charge in [-0.2, -0.15) is 0 Å². The number of carbonyl (C=O) groups excluding carboxylic acids is 1. The summed E-state index contributed by atoms with van der Waals surface area (Å²) in [5, 5.41) is 16.4. The Balaban J connectivity index is 2.83. The highest BCUT2D eigenvalue weighted by Gasteiger charge is 2.43. The van der Waals surface area contributed by atoms with E-state index >= 15 is 0 Å². The van der Waals surface area contributed by atoms with Gasteiger partial charge in [-0.3, -0.25) is 4.79 Å². The zero-order chi connectivity index (χ0) is 12.6. The highest BCUT2D eigenvalue weighted by atomic mass is 16.5. The molecule has 1 amide bonds. The van der Waals surface area contributed by atoms with Crippen molar-refractivity contribution in [1.82, 2.24) is 10.4 Å². The SMILES string of the molecule is CC(=O)NC1CCC(C)(C)N([O])C(C)(C)C1. The monoisotopic (exact) mass is 227 g/mol. The Labute approximate surface area is 98.0 Å². The Bertz CT molecular complexity index is 274. The van der Waals surface area contributed by atoms with Gasteiger partial charge in [0.2, 0.25) is 5.91 Å². The van der Waals surface area contributed by atoms with Crippen molar-refractivity contribution in [1.29, 1.82) is 0 Å². The first-order valence-electron chi connectivity index (χ1n) is 5.90. The van der Waals surface area contributed by atoms with E-state index in [1.54, 1.807) is 0 Å². The van der Waals surface area contributed by atoms with Gasteiger partial charge in [0, 0.05) is 24.0 Å². The summed E-state index contributed by atoms with van der Waals surface area (Å²) >= 11 is 0. The highest BCUT2D eigenvalue weighted by molar-refractivity contribution is 5.73. The molecule has 4 heteroatoms. The molecule has 93 valence electrons. The van der Waals surface area contributed by atoms with Crippen LogP contribution in [0.1, 0.15) is 53.9 Å². The molecule has 4 nitrogen and oxygen atoms in total. The highest BCUT2D eigenvalue weighted by Crippen LogP contribution is 2.35. The number of hydrogen-bond acceptors (Lipinski definition) is 2. The maximum atomic E-state index is 12.2. The molecule has 1 N–H and O–H groups in total. The van der Waals surface area contributed by atoms with Gasteiger partial charge in [-0.25, -0.2) is 0 Å². The summed E-state index contributed by atoms with van der Waals surface area (Å²) in [6.45, 7) is 9.36. The van der Waals surface area contributed by atoms with E-state index in [4.69, 9.17) is 0 Å². The van der Waals surface area contributed by atoms with E-state index in [9.17, 15) is 10.0 Å². The number of carbonyl (C=O) groups is 1. The second-order valence-corrected chi connectivity index (χ2v) is 6.06. The number of hydroxylamine groups is 2. The van der Waals surface area contributed by atoms with Gasteiger partial charge in [-0.1, -0.05) is 0 Å². The van der Waals surface area contributed by atoms with Crippen molar-refractivity contribution in [3.63, 3.8) is 0 Å². The first-order valence-corrected chi connectivity index (χ1v) is 5.90. The van der Waals surface area contributed by atoms with E-state index in [-0.39, 0.29) is 17.5 Å². The molecule has 0 aromatic heterocycles. The fourth-order valence-electron chi connectivity index (χ4n) is 2.65. The quantitative estimate of drug-likeness (QED) is 0.743. The number of amides is 1. The van der Waals surface area contributed by atoms with Crippen LogP contribution in [0, 0.1) is 0 Å². The predicted octanol–water partition coefficient (Wildman–Crippen LogP) is 1.88. The van der Waals surface area contributed by atoms with Crippen LogP contribution >= 0.6 is 0 Å². The van der Waals surface area contributed by atoms with Crippen LogP contribution in [0.15, 0.2) is 0 Å².